The Bertz CT molecular complexity index is 1200. The van der Waals surface area contributed by atoms with Gasteiger partial charge in [-0.15, -0.1) is 0 Å². The monoisotopic (exact) mass is 495 g/mol. The summed E-state index contributed by atoms with van der Waals surface area (Å²) >= 11 is 0. The molecule has 1 aliphatic rings. The number of nitrogens with zero attached hydrogens (tertiary/aromatic N) is 1. The Balaban J connectivity index is 1.64. The van der Waals surface area contributed by atoms with Gasteiger partial charge < -0.3 is 23.7 Å². The Labute approximate surface area is 208 Å². The van der Waals surface area contributed by atoms with E-state index >= 15 is 0 Å². The molecule has 0 aromatic heterocycles. The van der Waals surface area contributed by atoms with E-state index in [0.717, 1.165) is 0 Å². The number of carbonyl (C=O) groups excluding carboxylic acids is 2. The molecule has 3 aromatic carbocycles. The smallest absolute Gasteiger partial charge is 0.415 e. The highest BCUT2D eigenvalue weighted by Crippen LogP contribution is 2.45. The van der Waals surface area contributed by atoms with E-state index in [-0.39, 0.29) is 6.61 Å². The summed E-state index contributed by atoms with van der Waals surface area (Å²) in [5.41, 5.74) is 0.977. The van der Waals surface area contributed by atoms with E-state index < -0.39 is 36.1 Å². The minimum Gasteiger partial charge on any atom is -0.493 e. The predicted octanol–water partition coefficient (Wildman–Crippen LogP) is 4.92. The van der Waals surface area contributed by atoms with Gasteiger partial charge in [0.05, 0.1) is 14.2 Å². The third kappa shape index (κ3) is 5.19. The molecule has 1 fully saturated rings. The summed E-state index contributed by atoms with van der Waals surface area (Å²) in [5, 5.41) is 0. The molecule has 4 rings (SSSR count). The van der Waals surface area contributed by atoms with Crippen molar-refractivity contribution < 1.29 is 37.7 Å². The summed E-state index contributed by atoms with van der Waals surface area (Å²) < 4.78 is 41.4. The third-order valence-corrected chi connectivity index (χ3v) is 5.76. The van der Waals surface area contributed by atoms with Gasteiger partial charge in [0.2, 0.25) is 0 Å². The first-order valence-corrected chi connectivity index (χ1v) is 11.3. The number of para-hydroxylation sites is 2. The van der Waals surface area contributed by atoms with E-state index in [1.807, 2.05) is 6.07 Å². The molecule has 0 spiro atoms. The number of halogens is 1. The topological polar surface area (TPSA) is 83.5 Å². The number of hydrogen-bond acceptors (Lipinski definition) is 7. The summed E-state index contributed by atoms with van der Waals surface area (Å²) in [4.78, 5) is 27.0. The lowest BCUT2D eigenvalue weighted by atomic mass is 9.95. The van der Waals surface area contributed by atoms with Crippen LogP contribution in [0.1, 0.15) is 18.5 Å². The Morgan fingerprint density at radius 3 is 2.39 bits per heavy atom. The standard InChI is InChI=1S/C27H26FNO7/c1-17(35-23(30)16-34-20-8-5-4-6-9-20)25-24(21-10-7-11-22(32-2)26(21)33-3)29(27(31)36-25)19-14-12-18(28)13-15-19/h4-15,17,24-25H,16H2,1-3H3/t17?,24-,25-/m1/s1. The first-order chi connectivity index (χ1) is 17.4. The van der Waals surface area contributed by atoms with Crippen molar-refractivity contribution in [3.63, 3.8) is 0 Å². The lowest BCUT2D eigenvalue weighted by Crippen LogP contribution is -2.37. The van der Waals surface area contributed by atoms with Crippen LogP contribution in [0.25, 0.3) is 0 Å². The third-order valence-electron chi connectivity index (χ3n) is 5.76. The molecule has 3 aromatic rings. The van der Waals surface area contributed by atoms with E-state index in [1.165, 1.54) is 43.4 Å². The summed E-state index contributed by atoms with van der Waals surface area (Å²) in [7, 11) is 2.99. The number of carbonyl (C=O) groups is 2. The number of ether oxygens (including phenoxy) is 5. The fourth-order valence-corrected chi connectivity index (χ4v) is 4.15. The Morgan fingerprint density at radius 1 is 1.00 bits per heavy atom. The lowest BCUT2D eigenvalue weighted by Gasteiger charge is -2.29. The number of esters is 1. The molecule has 0 radical (unpaired) electrons. The SMILES string of the molecule is COc1cccc([C@@H]2[C@@H](C(C)OC(=O)COc3ccccc3)OC(=O)N2c2ccc(F)cc2)c1OC. The molecule has 188 valence electrons. The number of rotatable bonds is 9. The van der Waals surface area contributed by atoms with E-state index in [0.29, 0.717) is 28.5 Å². The highest BCUT2D eigenvalue weighted by molar-refractivity contribution is 5.91. The van der Waals surface area contributed by atoms with E-state index in [1.54, 1.807) is 49.4 Å². The van der Waals surface area contributed by atoms with Gasteiger partial charge in [-0.25, -0.2) is 14.0 Å². The van der Waals surface area contributed by atoms with Gasteiger partial charge in [-0.3, -0.25) is 4.90 Å². The van der Waals surface area contributed by atoms with Gasteiger partial charge in [0, 0.05) is 11.3 Å². The number of hydrogen-bond donors (Lipinski definition) is 0. The second-order valence-corrected chi connectivity index (χ2v) is 8.02. The molecule has 1 heterocycles. The maximum absolute atomic E-state index is 13.6. The molecule has 1 unspecified atom stereocenters. The van der Waals surface area contributed by atoms with Crippen molar-refractivity contribution in [1.29, 1.82) is 0 Å². The van der Waals surface area contributed by atoms with Gasteiger partial charge >= 0.3 is 12.1 Å². The number of anilines is 1. The van der Waals surface area contributed by atoms with Crippen molar-refractivity contribution in [3.05, 3.63) is 84.2 Å². The molecule has 1 aliphatic heterocycles. The lowest BCUT2D eigenvalue weighted by molar-refractivity contribution is -0.155. The summed E-state index contributed by atoms with van der Waals surface area (Å²) in [5.74, 6) is 0.299. The fraction of sp³-hybridized carbons (Fsp3) is 0.259. The minimum atomic E-state index is -0.913. The summed E-state index contributed by atoms with van der Waals surface area (Å²) in [6.07, 6.45) is -2.44. The van der Waals surface area contributed by atoms with Crippen LogP contribution in [0, 0.1) is 5.82 Å². The average Bonchev–Trinajstić information content (AvgIpc) is 3.24. The molecule has 36 heavy (non-hydrogen) atoms. The van der Waals surface area contributed by atoms with E-state index in [9.17, 15) is 14.0 Å². The van der Waals surface area contributed by atoms with Crippen LogP contribution in [-0.2, 0) is 14.3 Å². The van der Waals surface area contributed by atoms with Crippen LogP contribution < -0.4 is 19.1 Å². The van der Waals surface area contributed by atoms with Crippen molar-refractivity contribution in [2.75, 3.05) is 25.7 Å². The molecule has 0 bridgehead atoms. The molecule has 3 atom stereocenters. The molecule has 0 aliphatic carbocycles. The number of benzene rings is 3. The average molecular weight is 496 g/mol. The Morgan fingerprint density at radius 2 is 1.72 bits per heavy atom. The predicted molar refractivity (Wildman–Crippen MR) is 129 cm³/mol. The molecule has 8 nitrogen and oxygen atoms in total. The van der Waals surface area contributed by atoms with Crippen LogP contribution in [-0.4, -0.2) is 45.1 Å². The molecular weight excluding hydrogens is 469 g/mol. The van der Waals surface area contributed by atoms with Gasteiger partial charge in [0.1, 0.15) is 23.7 Å². The number of methoxy groups -OCH3 is 2. The fourth-order valence-electron chi connectivity index (χ4n) is 4.15. The van der Waals surface area contributed by atoms with Crippen LogP contribution in [0.15, 0.2) is 72.8 Å². The normalized spacial score (nSPS) is 17.8. The van der Waals surface area contributed by atoms with Crippen LogP contribution in [0.3, 0.4) is 0 Å². The van der Waals surface area contributed by atoms with Crippen molar-refractivity contribution >= 4 is 17.7 Å². The minimum absolute atomic E-state index is 0.316. The van der Waals surface area contributed by atoms with E-state index in [2.05, 4.69) is 0 Å². The first kappa shape index (κ1) is 24.8. The van der Waals surface area contributed by atoms with Gasteiger partial charge in [-0.1, -0.05) is 30.3 Å². The summed E-state index contributed by atoms with van der Waals surface area (Å²) in [6.45, 7) is 1.32. The highest BCUT2D eigenvalue weighted by Gasteiger charge is 2.48. The number of amides is 1. The van der Waals surface area contributed by atoms with Gasteiger partial charge in [0.15, 0.2) is 24.2 Å². The van der Waals surface area contributed by atoms with Crippen LogP contribution in [0.5, 0.6) is 17.2 Å². The maximum atomic E-state index is 13.6. The summed E-state index contributed by atoms with van der Waals surface area (Å²) in [6, 6.07) is 18.8. The van der Waals surface area contributed by atoms with Crippen molar-refractivity contribution in [2.45, 2.75) is 25.2 Å². The van der Waals surface area contributed by atoms with Crippen molar-refractivity contribution in [3.8, 4) is 17.2 Å². The zero-order chi connectivity index (χ0) is 25.7. The molecule has 1 amide bonds. The van der Waals surface area contributed by atoms with Gasteiger partial charge in [-0.05, 0) is 49.4 Å². The molecule has 9 heteroatoms. The first-order valence-electron chi connectivity index (χ1n) is 11.3. The van der Waals surface area contributed by atoms with Crippen LogP contribution in [0.2, 0.25) is 0 Å². The molecule has 1 saturated heterocycles. The Hall–Kier alpha value is -4.27. The number of cyclic esters (lactones) is 1. The zero-order valence-corrected chi connectivity index (χ0v) is 20.1. The van der Waals surface area contributed by atoms with Crippen molar-refractivity contribution in [1.82, 2.24) is 0 Å². The molecular formula is C27H26FNO7. The molecule has 0 N–H and O–H groups in total. The van der Waals surface area contributed by atoms with Crippen molar-refractivity contribution in [2.24, 2.45) is 0 Å². The second kappa shape index (κ2) is 11.0. The second-order valence-electron chi connectivity index (χ2n) is 8.02. The maximum Gasteiger partial charge on any atom is 0.415 e. The van der Waals surface area contributed by atoms with Crippen LogP contribution >= 0.6 is 0 Å². The quantitative estimate of drug-likeness (QED) is 0.390. The van der Waals surface area contributed by atoms with Crippen LogP contribution in [0.4, 0.5) is 14.9 Å². The molecule has 0 saturated carbocycles. The van der Waals surface area contributed by atoms with E-state index in [4.69, 9.17) is 23.7 Å². The van der Waals surface area contributed by atoms with Gasteiger partial charge in [0.25, 0.3) is 0 Å². The Kier molecular flexibility index (Phi) is 7.58. The largest absolute Gasteiger partial charge is 0.493 e. The highest BCUT2D eigenvalue weighted by atomic mass is 19.1. The zero-order valence-electron chi connectivity index (χ0n) is 20.1. The van der Waals surface area contributed by atoms with Gasteiger partial charge in [-0.2, -0.15) is 0 Å².